The summed E-state index contributed by atoms with van der Waals surface area (Å²) in [7, 11) is 0. The molecule has 1 amide bonds. The molecule has 21 heavy (non-hydrogen) atoms. The minimum absolute atomic E-state index is 0.204. The van der Waals surface area contributed by atoms with Gasteiger partial charge in [0.25, 0.3) is 0 Å². The van der Waals surface area contributed by atoms with Gasteiger partial charge in [0.05, 0.1) is 0 Å². The summed E-state index contributed by atoms with van der Waals surface area (Å²) in [4.78, 5) is 12.1. The lowest BCUT2D eigenvalue weighted by Crippen LogP contribution is -2.36. The molecule has 2 aromatic carbocycles. The van der Waals surface area contributed by atoms with Crippen LogP contribution >= 0.6 is 0 Å². The Hall–Kier alpha value is -1.83. The first-order chi connectivity index (χ1) is 10.3. The van der Waals surface area contributed by atoms with Crippen LogP contribution in [0.1, 0.15) is 44.1 Å². The van der Waals surface area contributed by atoms with E-state index in [0.29, 0.717) is 12.5 Å². The van der Waals surface area contributed by atoms with Crippen LogP contribution in [0, 0.1) is 0 Å². The van der Waals surface area contributed by atoms with Crippen LogP contribution in [-0.4, -0.2) is 11.9 Å². The Morgan fingerprint density at radius 1 is 1.00 bits per heavy atom. The molecule has 110 valence electrons. The molecule has 0 aliphatic heterocycles. The van der Waals surface area contributed by atoms with E-state index in [9.17, 15) is 4.79 Å². The van der Waals surface area contributed by atoms with E-state index in [2.05, 4.69) is 47.8 Å². The van der Waals surface area contributed by atoms with Gasteiger partial charge in [-0.3, -0.25) is 4.79 Å². The van der Waals surface area contributed by atoms with Crippen molar-refractivity contribution < 1.29 is 4.79 Å². The Bertz CT molecular complexity index is 608. The summed E-state index contributed by atoms with van der Waals surface area (Å²) in [6.07, 6.45) is 7.55. The van der Waals surface area contributed by atoms with Crippen LogP contribution in [0.5, 0.6) is 0 Å². The van der Waals surface area contributed by atoms with E-state index < -0.39 is 0 Å². The third-order valence-corrected chi connectivity index (χ3v) is 4.47. The molecule has 2 heteroatoms. The van der Waals surface area contributed by atoms with E-state index in [4.69, 9.17) is 0 Å². The largest absolute Gasteiger partial charge is 0.353 e. The van der Waals surface area contributed by atoms with E-state index in [1.54, 1.807) is 0 Å². The van der Waals surface area contributed by atoms with Gasteiger partial charge in [-0.15, -0.1) is 0 Å². The van der Waals surface area contributed by atoms with Crippen LogP contribution in [0.2, 0.25) is 0 Å². The van der Waals surface area contributed by atoms with Crippen LogP contribution in [0.25, 0.3) is 10.8 Å². The van der Waals surface area contributed by atoms with E-state index in [1.807, 2.05) is 0 Å². The first kappa shape index (κ1) is 14.1. The molecule has 1 saturated carbocycles. The van der Waals surface area contributed by atoms with E-state index in [-0.39, 0.29) is 5.91 Å². The Balaban J connectivity index is 1.59. The third kappa shape index (κ3) is 3.63. The van der Waals surface area contributed by atoms with Crippen LogP contribution in [-0.2, 0) is 11.2 Å². The molecule has 1 fully saturated rings. The quantitative estimate of drug-likeness (QED) is 0.893. The molecule has 0 atom stereocenters. The Kier molecular flexibility index (Phi) is 4.54. The van der Waals surface area contributed by atoms with Gasteiger partial charge in [0.15, 0.2) is 0 Å². The molecule has 0 radical (unpaired) electrons. The van der Waals surface area contributed by atoms with Crippen molar-refractivity contribution in [2.24, 2.45) is 0 Å². The van der Waals surface area contributed by atoms with Crippen molar-refractivity contribution in [2.45, 2.75) is 51.0 Å². The standard InChI is InChI=1S/C19H23NO/c21-19(20-17-10-2-1-3-11-17)14-13-16-9-6-8-15-7-4-5-12-18(15)16/h4-9,12,17H,1-3,10-11,13-14H2,(H,20,21). The van der Waals surface area contributed by atoms with E-state index >= 15 is 0 Å². The predicted octanol–water partition coefficient (Wildman–Crippen LogP) is 4.22. The van der Waals surface area contributed by atoms with Gasteiger partial charge in [0, 0.05) is 12.5 Å². The molecular weight excluding hydrogens is 258 g/mol. The first-order valence-corrected chi connectivity index (χ1v) is 8.09. The lowest BCUT2D eigenvalue weighted by atomic mass is 9.95. The van der Waals surface area contributed by atoms with E-state index in [0.717, 1.165) is 19.3 Å². The van der Waals surface area contributed by atoms with Gasteiger partial charge in [-0.1, -0.05) is 61.7 Å². The number of fused-ring (bicyclic) bond motifs is 1. The molecule has 1 aliphatic rings. The highest BCUT2D eigenvalue weighted by Gasteiger charge is 2.15. The fraction of sp³-hybridized carbons (Fsp3) is 0.421. The number of hydrogen-bond acceptors (Lipinski definition) is 1. The summed E-state index contributed by atoms with van der Waals surface area (Å²) >= 11 is 0. The van der Waals surface area contributed by atoms with Crippen LogP contribution in [0.15, 0.2) is 42.5 Å². The first-order valence-electron chi connectivity index (χ1n) is 8.09. The molecule has 1 aliphatic carbocycles. The van der Waals surface area contributed by atoms with Crippen molar-refractivity contribution in [3.63, 3.8) is 0 Å². The topological polar surface area (TPSA) is 29.1 Å². The van der Waals surface area contributed by atoms with Crippen LogP contribution in [0.4, 0.5) is 0 Å². The normalized spacial score (nSPS) is 16.0. The Morgan fingerprint density at radius 3 is 2.62 bits per heavy atom. The maximum atomic E-state index is 12.1. The van der Waals surface area contributed by atoms with Gasteiger partial charge >= 0.3 is 0 Å². The fourth-order valence-corrected chi connectivity index (χ4v) is 3.31. The van der Waals surface area contributed by atoms with Gasteiger partial charge < -0.3 is 5.32 Å². The third-order valence-electron chi connectivity index (χ3n) is 4.47. The molecule has 2 aromatic rings. The van der Waals surface area contributed by atoms with Crippen molar-refractivity contribution in [1.29, 1.82) is 0 Å². The van der Waals surface area contributed by atoms with Gasteiger partial charge in [-0.05, 0) is 35.6 Å². The smallest absolute Gasteiger partial charge is 0.220 e. The number of amides is 1. The number of carbonyl (C=O) groups is 1. The molecular formula is C19H23NO. The lowest BCUT2D eigenvalue weighted by molar-refractivity contribution is -0.121. The van der Waals surface area contributed by atoms with Crippen molar-refractivity contribution in [3.05, 3.63) is 48.0 Å². The molecule has 3 rings (SSSR count). The second kappa shape index (κ2) is 6.75. The van der Waals surface area contributed by atoms with Crippen molar-refractivity contribution in [3.8, 4) is 0 Å². The molecule has 0 spiro atoms. The molecule has 1 N–H and O–H groups in total. The minimum atomic E-state index is 0.204. The Labute approximate surface area is 126 Å². The summed E-state index contributed by atoms with van der Waals surface area (Å²) in [6.45, 7) is 0. The maximum absolute atomic E-state index is 12.1. The van der Waals surface area contributed by atoms with Crippen molar-refractivity contribution >= 4 is 16.7 Å². The molecule has 0 unspecified atom stereocenters. The van der Waals surface area contributed by atoms with Crippen LogP contribution in [0.3, 0.4) is 0 Å². The fourth-order valence-electron chi connectivity index (χ4n) is 3.31. The number of rotatable bonds is 4. The van der Waals surface area contributed by atoms with E-state index in [1.165, 1.54) is 35.6 Å². The average molecular weight is 281 g/mol. The zero-order valence-corrected chi connectivity index (χ0v) is 12.5. The highest BCUT2D eigenvalue weighted by atomic mass is 16.1. The number of benzene rings is 2. The molecule has 0 saturated heterocycles. The second-order valence-corrected chi connectivity index (χ2v) is 6.04. The number of nitrogens with one attached hydrogen (secondary N) is 1. The maximum Gasteiger partial charge on any atom is 0.220 e. The van der Waals surface area contributed by atoms with Gasteiger partial charge in [-0.25, -0.2) is 0 Å². The highest BCUT2D eigenvalue weighted by molar-refractivity contribution is 5.86. The predicted molar refractivity (Wildman–Crippen MR) is 87.3 cm³/mol. The second-order valence-electron chi connectivity index (χ2n) is 6.04. The lowest BCUT2D eigenvalue weighted by Gasteiger charge is -2.22. The number of carbonyl (C=O) groups excluding carboxylic acids is 1. The summed E-state index contributed by atoms with van der Waals surface area (Å²) in [5.41, 5.74) is 1.27. The van der Waals surface area contributed by atoms with Crippen molar-refractivity contribution in [1.82, 2.24) is 5.32 Å². The van der Waals surface area contributed by atoms with Crippen LogP contribution < -0.4 is 5.32 Å². The number of aryl methyl sites for hydroxylation is 1. The summed E-state index contributed by atoms with van der Waals surface area (Å²) < 4.78 is 0. The monoisotopic (exact) mass is 281 g/mol. The SMILES string of the molecule is O=C(CCc1cccc2ccccc12)NC1CCCCC1. The summed E-state index contributed by atoms with van der Waals surface area (Å²) in [5, 5.41) is 5.72. The molecule has 0 bridgehead atoms. The molecule has 0 heterocycles. The minimum Gasteiger partial charge on any atom is -0.353 e. The molecule has 0 aromatic heterocycles. The van der Waals surface area contributed by atoms with Gasteiger partial charge in [-0.2, -0.15) is 0 Å². The Morgan fingerprint density at radius 2 is 1.76 bits per heavy atom. The van der Waals surface area contributed by atoms with Gasteiger partial charge in [0.1, 0.15) is 0 Å². The molecule has 2 nitrogen and oxygen atoms in total. The number of hydrogen-bond donors (Lipinski definition) is 1. The zero-order valence-electron chi connectivity index (χ0n) is 12.5. The zero-order chi connectivity index (χ0) is 14.5. The van der Waals surface area contributed by atoms with Gasteiger partial charge in [0.2, 0.25) is 5.91 Å². The van der Waals surface area contributed by atoms with Crippen molar-refractivity contribution in [2.75, 3.05) is 0 Å². The summed E-state index contributed by atoms with van der Waals surface area (Å²) in [6, 6.07) is 15.1. The highest BCUT2D eigenvalue weighted by Crippen LogP contribution is 2.20. The summed E-state index contributed by atoms with van der Waals surface area (Å²) in [5.74, 6) is 0.204. The average Bonchev–Trinajstić information content (AvgIpc) is 2.54.